The van der Waals surface area contributed by atoms with Gasteiger partial charge in [0.2, 0.25) is 5.95 Å². The molecule has 0 atom stereocenters. The summed E-state index contributed by atoms with van der Waals surface area (Å²) in [6.45, 7) is 4.75. The lowest BCUT2D eigenvalue weighted by atomic mass is 10.1. The number of rotatable bonds is 4. The van der Waals surface area contributed by atoms with Crippen LogP contribution in [-0.4, -0.2) is 64.8 Å². The number of hydrogen-bond acceptors (Lipinski definition) is 8. The van der Waals surface area contributed by atoms with Crippen LogP contribution in [0.5, 0.6) is 0 Å². The minimum atomic E-state index is -0.0486. The summed E-state index contributed by atoms with van der Waals surface area (Å²) in [5, 5.41) is 3.55. The number of piperidine rings is 1. The third-order valence-corrected chi connectivity index (χ3v) is 5.67. The molecule has 30 heavy (non-hydrogen) atoms. The third kappa shape index (κ3) is 3.93. The number of fused-ring (bicyclic) bond motifs is 1. The second-order valence-electron chi connectivity index (χ2n) is 7.63. The highest BCUT2D eigenvalue weighted by atomic mass is 16.5. The molecule has 156 valence electrons. The van der Waals surface area contributed by atoms with Gasteiger partial charge in [-0.05, 0) is 31.0 Å². The molecule has 2 aliphatic rings. The molecule has 9 nitrogen and oxygen atoms in total. The predicted octanol–water partition coefficient (Wildman–Crippen LogP) is 1.40. The molecule has 0 bridgehead atoms. The van der Waals surface area contributed by atoms with Gasteiger partial charge < -0.3 is 19.9 Å². The highest BCUT2D eigenvalue weighted by Crippen LogP contribution is 2.21. The van der Waals surface area contributed by atoms with Crippen molar-refractivity contribution < 1.29 is 4.74 Å². The van der Waals surface area contributed by atoms with Crippen LogP contribution in [0.25, 0.3) is 5.65 Å². The van der Waals surface area contributed by atoms with Gasteiger partial charge >= 0.3 is 0 Å². The number of nitrogens with zero attached hydrogens (tertiary/aromatic N) is 6. The van der Waals surface area contributed by atoms with E-state index in [4.69, 9.17) is 9.72 Å². The lowest BCUT2D eigenvalue weighted by molar-refractivity contribution is 0.122. The Hall–Kier alpha value is -3.20. The van der Waals surface area contributed by atoms with E-state index in [9.17, 15) is 4.79 Å². The number of anilines is 3. The first-order valence-corrected chi connectivity index (χ1v) is 10.4. The number of hydrogen-bond donors (Lipinski definition) is 1. The lowest BCUT2D eigenvalue weighted by Crippen LogP contribution is -2.40. The van der Waals surface area contributed by atoms with Crippen LogP contribution in [0.4, 0.5) is 17.6 Å². The Kier molecular flexibility index (Phi) is 5.18. The van der Waals surface area contributed by atoms with Gasteiger partial charge in [-0.25, -0.2) is 9.97 Å². The van der Waals surface area contributed by atoms with Crippen LogP contribution in [0.2, 0.25) is 0 Å². The molecule has 0 radical (unpaired) electrons. The van der Waals surface area contributed by atoms with Gasteiger partial charge in [-0.15, -0.1) is 0 Å². The van der Waals surface area contributed by atoms with Crippen LogP contribution in [0.1, 0.15) is 12.8 Å². The molecule has 9 heteroatoms. The minimum Gasteiger partial charge on any atom is -0.378 e. The quantitative estimate of drug-likeness (QED) is 0.695. The highest BCUT2D eigenvalue weighted by molar-refractivity contribution is 5.49. The Morgan fingerprint density at radius 1 is 1.00 bits per heavy atom. The molecule has 2 saturated heterocycles. The molecule has 0 spiro atoms. The van der Waals surface area contributed by atoms with Crippen molar-refractivity contribution in [1.29, 1.82) is 0 Å². The number of aromatic nitrogens is 4. The summed E-state index contributed by atoms with van der Waals surface area (Å²) >= 11 is 0. The summed E-state index contributed by atoms with van der Waals surface area (Å²) < 4.78 is 6.98. The number of morpholine rings is 1. The first-order valence-electron chi connectivity index (χ1n) is 10.4. The molecule has 5 rings (SSSR count). The molecule has 3 aromatic heterocycles. The molecule has 2 aliphatic heterocycles. The Morgan fingerprint density at radius 2 is 1.83 bits per heavy atom. The molecule has 0 aromatic carbocycles. The first kappa shape index (κ1) is 18.8. The van der Waals surface area contributed by atoms with E-state index in [2.05, 4.69) is 25.1 Å². The molecule has 0 amide bonds. The Labute approximate surface area is 174 Å². The summed E-state index contributed by atoms with van der Waals surface area (Å²) in [7, 11) is 0. The molecule has 0 unspecified atom stereocenters. The summed E-state index contributed by atoms with van der Waals surface area (Å²) in [4.78, 5) is 30.5. The van der Waals surface area contributed by atoms with Crippen LogP contribution in [0.3, 0.4) is 0 Å². The van der Waals surface area contributed by atoms with Gasteiger partial charge in [0.15, 0.2) is 0 Å². The second-order valence-corrected chi connectivity index (χ2v) is 7.63. The van der Waals surface area contributed by atoms with Crippen LogP contribution in [0, 0.1) is 0 Å². The van der Waals surface area contributed by atoms with Crippen molar-refractivity contribution in [2.45, 2.75) is 18.9 Å². The zero-order valence-electron chi connectivity index (χ0n) is 16.8. The standard InChI is InChI=1S/C21H25N7O2/c29-20-15-19(25-18-3-1-2-8-28(18)20)26-9-5-16(6-10-26)23-17-4-7-22-21(24-17)27-11-13-30-14-12-27/h1-4,7-8,15-16H,5-6,9-14H2,(H,22,23,24). The maximum atomic E-state index is 12.4. The van der Waals surface area contributed by atoms with Crippen molar-refractivity contribution >= 4 is 23.2 Å². The normalized spacial score (nSPS) is 18.0. The van der Waals surface area contributed by atoms with E-state index in [0.29, 0.717) is 24.9 Å². The van der Waals surface area contributed by atoms with E-state index >= 15 is 0 Å². The first-order chi connectivity index (χ1) is 14.8. The SMILES string of the molecule is O=c1cc(N2CCC(Nc3ccnc(N4CCOCC4)n3)CC2)nc2ccccn12. The van der Waals surface area contributed by atoms with E-state index in [1.54, 1.807) is 16.7 Å². The van der Waals surface area contributed by atoms with Crippen molar-refractivity contribution in [2.75, 3.05) is 54.5 Å². The number of nitrogens with one attached hydrogen (secondary N) is 1. The number of pyridine rings is 1. The van der Waals surface area contributed by atoms with Gasteiger partial charge in [0, 0.05) is 50.7 Å². The largest absolute Gasteiger partial charge is 0.378 e. The van der Waals surface area contributed by atoms with E-state index in [1.807, 2.05) is 30.5 Å². The van der Waals surface area contributed by atoms with Crippen LogP contribution >= 0.6 is 0 Å². The van der Waals surface area contributed by atoms with Gasteiger partial charge in [0.1, 0.15) is 17.3 Å². The van der Waals surface area contributed by atoms with Crippen LogP contribution in [0.15, 0.2) is 47.5 Å². The third-order valence-electron chi connectivity index (χ3n) is 5.67. The fraction of sp³-hybridized carbons (Fsp3) is 0.429. The van der Waals surface area contributed by atoms with Crippen LogP contribution < -0.4 is 20.7 Å². The maximum absolute atomic E-state index is 12.4. The molecule has 2 fully saturated rings. The average molecular weight is 407 g/mol. The fourth-order valence-corrected chi connectivity index (χ4v) is 4.01. The van der Waals surface area contributed by atoms with E-state index < -0.39 is 0 Å². The minimum absolute atomic E-state index is 0.0486. The van der Waals surface area contributed by atoms with Gasteiger partial charge in [-0.1, -0.05) is 6.07 Å². The predicted molar refractivity (Wildman–Crippen MR) is 115 cm³/mol. The van der Waals surface area contributed by atoms with Crippen molar-refractivity contribution in [2.24, 2.45) is 0 Å². The summed E-state index contributed by atoms with van der Waals surface area (Å²) in [6, 6.07) is 9.47. The maximum Gasteiger partial charge on any atom is 0.259 e. The lowest BCUT2D eigenvalue weighted by Gasteiger charge is -2.33. The topological polar surface area (TPSA) is 87.9 Å². The second kappa shape index (κ2) is 8.27. The monoisotopic (exact) mass is 407 g/mol. The summed E-state index contributed by atoms with van der Waals surface area (Å²) in [5.74, 6) is 2.36. The molecule has 0 aliphatic carbocycles. The van der Waals surface area contributed by atoms with Crippen molar-refractivity contribution in [3.63, 3.8) is 0 Å². The summed E-state index contributed by atoms with van der Waals surface area (Å²) in [5.41, 5.74) is 0.629. The van der Waals surface area contributed by atoms with Crippen molar-refractivity contribution in [1.82, 2.24) is 19.4 Å². The average Bonchev–Trinajstić information content (AvgIpc) is 2.80. The van der Waals surface area contributed by atoms with Crippen molar-refractivity contribution in [3.05, 3.63) is 53.1 Å². The Morgan fingerprint density at radius 3 is 2.67 bits per heavy atom. The van der Waals surface area contributed by atoms with Gasteiger partial charge in [0.05, 0.1) is 13.2 Å². The smallest absolute Gasteiger partial charge is 0.259 e. The number of ether oxygens (including phenoxy) is 1. The Balaban J connectivity index is 1.23. The summed E-state index contributed by atoms with van der Waals surface area (Å²) in [6.07, 6.45) is 5.46. The van der Waals surface area contributed by atoms with Crippen molar-refractivity contribution in [3.8, 4) is 0 Å². The fourth-order valence-electron chi connectivity index (χ4n) is 4.01. The Bertz CT molecular complexity index is 1070. The molecule has 3 aromatic rings. The molecule has 0 saturated carbocycles. The molecule has 1 N–H and O–H groups in total. The highest BCUT2D eigenvalue weighted by Gasteiger charge is 2.22. The van der Waals surface area contributed by atoms with E-state index in [-0.39, 0.29) is 5.56 Å². The van der Waals surface area contributed by atoms with Gasteiger partial charge in [0.25, 0.3) is 5.56 Å². The van der Waals surface area contributed by atoms with E-state index in [1.165, 1.54) is 0 Å². The molecular weight excluding hydrogens is 382 g/mol. The van der Waals surface area contributed by atoms with Gasteiger partial charge in [-0.3, -0.25) is 9.20 Å². The van der Waals surface area contributed by atoms with Gasteiger partial charge in [-0.2, -0.15) is 4.98 Å². The van der Waals surface area contributed by atoms with E-state index in [0.717, 1.165) is 56.6 Å². The zero-order valence-corrected chi connectivity index (χ0v) is 16.8. The van der Waals surface area contributed by atoms with Crippen LogP contribution in [-0.2, 0) is 4.74 Å². The molecular formula is C21H25N7O2. The molecule has 5 heterocycles. The zero-order chi connectivity index (χ0) is 20.3.